The minimum absolute atomic E-state index is 0.0131. The lowest BCUT2D eigenvalue weighted by Gasteiger charge is -2.37. The minimum Gasteiger partial charge on any atom is -0.351 e. The third kappa shape index (κ3) is 6.79. The molecule has 230 valence electrons. The van der Waals surface area contributed by atoms with Gasteiger partial charge in [-0.05, 0) is 68.1 Å². The number of rotatable bonds is 7. The van der Waals surface area contributed by atoms with E-state index in [4.69, 9.17) is 11.6 Å². The molecule has 12 heteroatoms. The van der Waals surface area contributed by atoms with Crippen molar-refractivity contribution in [3.8, 4) is 12.1 Å². The summed E-state index contributed by atoms with van der Waals surface area (Å²) in [6.07, 6.45) is 0.820. The van der Waals surface area contributed by atoms with Crippen LogP contribution in [0.15, 0.2) is 60.8 Å². The van der Waals surface area contributed by atoms with Crippen LogP contribution in [-0.4, -0.2) is 40.7 Å². The molecular weight excluding hydrogens is 602 g/mol. The van der Waals surface area contributed by atoms with Gasteiger partial charge in [0.1, 0.15) is 17.9 Å². The molecule has 2 aliphatic rings. The summed E-state index contributed by atoms with van der Waals surface area (Å²) in [4.78, 5) is 48.9. The van der Waals surface area contributed by atoms with E-state index in [9.17, 15) is 33.7 Å². The second-order valence-corrected chi connectivity index (χ2v) is 11.7. The van der Waals surface area contributed by atoms with Gasteiger partial charge in [-0.2, -0.15) is 10.5 Å². The van der Waals surface area contributed by atoms with Crippen molar-refractivity contribution in [1.82, 2.24) is 10.3 Å². The summed E-state index contributed by atoms with van der Waals surface area (Å²) >= 11 is 6.64. The predicted octanol–water partition coefficient (Wildman–Crippen LogP) is 5.75. The van der Waals surface area contributed by atoms with Crippen LogP contribution >= 0.6 is 11.6 Å². The number of amides is 3. The van der Waals surface area contributed by atoms with Gasteiger partial charge in [0.25, 0.3) is 5.91 Å². The predicted molar refractivity (Wildman–Crippen MR) is 162 cm³/mol. The van der Waals surface area contributed by atoms with Gasteiger partial charge in [0.15, 0.2) is 0 Å². The lowest BCUT2D eigenvalue weighted by molar-refractivity contribution is -0.128. The largest absolute Gasteiger partial charge is 0.351 e. The number of benzene rings is 2. The van der Waals surface area contributed by atoms with Crippen molar-refractivity contribution in [3.05, 3.63) is 88.1 Å². The highest BCUT2D eigenvalue weighted by Gasteiger charge is 2.45. The number of carbonyl (C=O) groups excluding carboxylic acids is 3. The number of alkyl halides is 2. The fourth-order valence-corrected chi connectivity index (χ4v) is 6.15. The Kier molecular flexibility index (Phi) is 9.12. The summed E-state index contributed by atoms with van der Waals surface area (Å²) in [5.41, 5.74) is 1.60. The van der Waals surface area contributed by atoms with Gasteiger partial charge in [0.2, 0.25) is 17.7 Å². The van der Waals surface area contributed by atoms with Crippen LogP contribution in [0.25, 0.3) is 0 Å². The average molecular weight is 631 g/mol. The molecule has 1 unspecified atom stereocenters. The highest BCUT2D eigenvalue weighted by molar-refractivity contribution is 6.31. The van der Waals surface area contributed by atoms with Crippen LogP contribution in [0.1, 0.15) is 66.8 Å². The van der Waals surface area contributed by atoms with Gasteiger partial charge < -0.3 is 5.32 Å². The summed E-state index contributed by atoms with van der Waals surface area (Å²) in [6, 6.07) is 15.1. The number of aryl methyl sites for hydroxylation is 1. The Hall–Kier alpha value is -4.87. The van der Waals surface area contributed by atoms with Gasteiger partial charge in [0, 0.05) is 47.8 Å². The Morgan fingerprint density at radius 1 is 1.07 bits per heavy atom. The zero-order chi connectivity index (χ0) is 32.3. The smallest absolute Gasteiger partial charge is 0.251 e. The van der Waals surface area contributed by atoms with Crippen LogP contribution in [0.4, 0.5) is 20.3 Å². The van der Waals surface area contributed by atoms with Crippen molar-refractivity contribution in [2.45, 2.75) is 69.5 Å². The summed E-state index contributed by atoms with van der Waals surface area (Å²) in [7, 11) is 0. The first-order valence-corrected chi connectivity index (χ1v) is 14.8. The molecule has 0 radical (unpaired) electrons. The number of nitrogens with zero attached hydrogens (tertiary/aromatic N) is 5. The van der Waals surface area contributed by atoms with Crippen LogP contribution < -0.4 is 15.1 Å². The lowest BCUT2D eigenvalue weighted by Crippen LogP contribution is -2.53. The summed E-state index contributed by atoms with van der Waals surface area (Å²) in [5, 5.41) is 22.2. The van der Waals surface area contributed by atoms with E-state index >= 15 is 0 Å². The quantitative estimate of drug-likeness (QED) is 0.354. The lowest BCUT2D eigenvalue weighted by atomic mass is 9.91. The molecule has 9 nitrogen and oxygen atoms in total. The van der Waals surface area contributed by atoms with Gasteiger partial charge in [-0.15, -0.1) is 0 Å². The summed E-state index contributed by atoms with van der Waals surface area (Å²) in [6.45, 7) is 1.74. The third-order valence-electron chi connectivity index (χ3n) is 8.10. The SMILES string of the molecule is Cc1cc(C#N)cc(N(C(=O)[C@@H]2CCC(=O)N2c2cc(C#N)ccn2)C(C(=O)NC2CCC(F)(F)CC2)c2ccccc2Cl)c1. The first-order chi connectivity index (χ1) is 21.5. The number of halogens is 3. The standard InChI is InChI=1S/C33H29ClF2N6O3/c1-20-14-22(19-38)16-24(15-20)41(32(45)27-6-7-29(43)42(27)28-17-21(18-37)10-13-39-28)30(25-4-2-3-5-26(25)34)31(44)40-23-8-11-33(35,36)12-9-23/h2-5,10,13-17,23,27,30H,6-9,11-12H2,1H3,(H,40,44)/t27-,30?/m0/s1. The molecule has 2 aromatic carbocycles. The first-order valence-electron chi connectivity index (χ1n) is 14.5. The Morgan fingerprint density at radius 3 is 2.47 bits per heavy atom. The minimum atomic E-state index is -2.81. The molecule has 0 bridgehead atoms. The molecule has 45 heavy (non-hydrogen) atoms. The number of hydrogen-bond acceptors (Lipinski definition) is 6. The fourth-order valence-electron chi connectivity index (χ4n) is 5.91. The van der Waals surface area contributed by atoms with Gasteiger partial charge >= 0.3 is 0 Å². The topological polar surface area (TPSA) is 130 Å². The number of nitriles is 2. The molecule has 2 fully saturated rings. The van der Waals surface area contributed by atoms with Crippen LogP contribution in [-0.2, 0) is 14.4 Å². The average Bonchev–Trinajstić information content (AvgIpc) is 3.41. The van der Waals surface area contributed by atoms with Crippen molar-refractivity contribution in [1.29, 1.82) is 10.5 Å². The molecule has 3 aromatic rings. The zero-order valence-electron chi connectivity index (χ0n) is 24.3. The van der Waals surface area contributed by atoms with Crippen LogP contribution in [0.2, 0.25) is 5.02 Å². The molecule has 0 spiro atoms. The molecule has 1 N–H and O–H groups in total. The number of aromatic nitrogens is 1. The molecule has 1 aliphatic carbocycles. The first kappa shape index (κ1) is 31.6. The molecule has 1 aliphatic heterocycles. The summed E-state index contributed by atoms with van der Waals surface area (Å²) in [5.74, 6) is -4.38. The van der Waals surface area contributed by atoms with E-state index in [0.717, 1.165) is 0 Å². The van der Waals surface area contributed by atoms with Crippen molar-refractivity contribution >= 4 is 40.8 Å². The summed E-state index contributed by atoms with van der Waals surface area (Å²) < 4.78 is 27.8. The van der Waals surface area contributed by atoms with Crippen molar-refractivity contribution in [2.75, 3.05) is 9.80 Å². The van der Waals surface area contributed by atoms with Gasteiger partial charge in [0.05, 0.1) is 23.3 Å². The van der Waals surface area contributed by atoms with Gasteiger partial charge in [-0.3, -0.25) is 24.2 Å². The van der Waals surface area contributed by atoms with Crippen molar-refractivity contribution in [3.63, 3.8) is 0 Å². The molecule has 1 saturated heterocycles. The van der Waals surface area contributed by atoms with Crippen LogP contribution in [0.5, 0.6) is 0 Å². The van der Waals surface area contributed by atoms with E-state index < -0.39 is 35.9 Å². The second-order valence-electron chi connectivity index (χ2n) is 11.3. The zero-order valence-corrected chi connectivity index (χ0v) is 25.1. The van der Waals surface area contributed by atoms with E-state index in [1.54, 1.807) is 43.3 Å². The van der Waals surface area contributed by atoms with E-state index in [2.05, 4.69) is 16.4 Å². The van der Waals surface area contributed by atoms with Crippen molar-refractivity contribution in [2.24, 2.45) is 0 Å². The van der Waals surface area contributed by atoms with Crippen LogP contribution in [0, 0.1) is 29.6 Å². The maximum absolute atomic E-state index is 14.8. The molecular formula is C33H29ClF2N6O3. The molecule has 2 heterocycles. The van der Waals surface area contributed by atoms with E-state index in [0.29, 0.717) is 5.56 Å². The maximum Gasteiger partial charge on any atom is 0.251 e. The molecule has 1 saturated carbocycles. The third-order valence-corrected chi connectivity index (χ3v) is 8.44. The van der Waals surface area contributed by atoms with Crippen molar-refractivity contribution < 1.29 is 23.2 Å². The Balaban J connectivity index is 1.64. The Morgan fingerprint density at radius 2 is 1.78 bits per heavy atom. The van der Waals surface area contributed by atoms with E-state index in [1.165, 1.54) is 34.2 Å². The van der Waals surface area contributed by atoms with E-state index in [-0.39, 0.29) is 77.7 Å². The molecule has 1 aromatic heterocycles. The highest BCUT2D eigenvalue weighted by atomic mass is 35.5. The van der Waals surface area contributed by atoms with E-state index in [1.807, 2.05) is 6.07 Å². The fraction of sp³-hybridized carbons (Fsp3) is 0.333. The molecule has 3 amide bonds. The Bertz CT molecular complexity index is 1730. The normalized spacial score (nSPS) is 18.5. The highest BCUT2D eigenvalue weighted by Crippen LogP contribution is 2.38. The number of hydrogen-bond donors (Lipinski definition) is 1. The molecule has 5 rings (SSSR count). The van der Waals surface area contributed by atoms with Gasteiger partial charge in [-0.1, -0.05) is 29.8 Å². The molecule has 2 atom stereocenters. The number of carbonyl (C=O) groups is 3. The van der Waals surface area contributed by atoms with Crippen LogP contribution in [0.3, 0.4) is 0 Å². The maximum atomic E-state index is 14.8. The monoisotopic (exact) mass is 630 g/mol. The number of anilines is 2. The number of nitrogens with one attached hydrogen (secondary N) is 1. The van der Waals surface area contributed by atoms with Gasteiger partial charge in [-0.25, -0.2) is 13.8 Å². The Labute approximate surface area is 264 Å². The number of pyridine rings is 1. The second kappa shape index (κ2) is 13.0.